The van der Waals surface area contributed by atoms with E-state index in [1.807, 2.05) is 6.92 Å². The number of rotatable bonds is 4. The molecule has 0 spiro atoms. The van der Waals surface area contributed by atoms with Crippen LogP contribution in [0.4, 0.5) is 10.5 Å². The standard InChI is InChI=1S/C13H13ClN4O3/c1-7-9(6-16-18-7)5-15-13(21)17-11-3-8(12(19)20)2-10(14)4-11/h2-4,6H,5H2,1H3,(H,16,18)(H,19,20)(H2,15,17,21). The molecule has 7 nitrogen and oxygen atoms in total. The summed E-state index contributed by atoms with van der Waals surface area (Å²) in [5, 5.41) is 20.9. The van der Waals surface area contributed by atoms with Crippen molar-refractivity contribution in [1.29, 1.82) is 0 Å². The fourth-order valence-corrected chi connectivity index (χ4v) is 1.93. The van der Waals surface area contributed by atoms with Gasteiger partial charge < -0.3 is 15.7 Å². The number of aromatic carboxylic acids is 1. The minimum Gasteiger partial charge on any atom is -0.478 e. The van der Waals surface area contributed by atoms with Crippen molar-refractivity contribution in [2.45, 2.75) is 13.5 Å². The summed E-state index contributed by atoms with van der Waals surface area (Å²) in [4.78, 5) is 22.7. The van der Waals surface area contributed by atoms with Crippen LogP contribution < -0.4 is 10.6 Å². The van der Waals surface area contributed by atoms with Crippen LogP contribution in [-0.4, -0.2) is 27.3 Å². The highest BCUT2D eigenvalue weighted by molar-refractivity contribution is 6.31. The van der Waals surface area contributed by atoms with Crippen LogP contribution in [0.2, 0.25) is 5.02 Å². The highest BCUT2D eigenvalue weighted by Crippen LogP contribution is 2.19. The highest BCUT2D eigenvalue weighted by atomic mass is 35.5. The summed E-state index contributed by atoms with van der Waals surface area (Å²) in [6.07, 6.45) is 1.62. The summed E-state index contributed by atoms with van der Waals surface area (Å²) in [7, 11) is 0. The Morgan fingerprint density at radius 3 is 2.76 bits per heavy atom. The van der Waals surface area contributed by atoms with E-state index in [0.717, 1.165) is 11.3 Å². The molecule has 0 saturated carbocycles. The van der Waals surface area contributed by atoms with Gasteiger partial charge in [0.2, 0.25) is 0 Å². The van der Waals surface area contributed by atoms with Crippen LogP contribution >= 0.6 is 11.6 Å². The van der Waals surface area contributed by atoms with Crippen molar-refractivity contribution in [2.75, 3.05) is 5.32 Å². The number of urea groups is 1. The average Bonchev–Trinajstić information content (AvgIpc) is 2.81. The van der Waals surface area contributed by atoms with Gasteiger partial charge >= 0.3 is 12.0 Å². The summed E-state index contributed by atoms with van der Waals surface area (Å²) in [5.41, 5.74) is 2.04. The van der Waals surface area contributed by atoms with Gasteiger partial charge in [-0.3, -0.25) is 5.10 Å². The van der Waals surface area contributed by atoms with Crippen LogP contribution in [0, 0.1) is 6.92 Å². The normalized spacial score (nSPS) is 10.2. The van der Waals surface area contributed by atoms with Crippen LogP contribution in [0.3, 0.4) is 0 Å². The van der Waals surface area contributed by atoms with E-state index in [1.54, 1.807) is 6.20 Å². The lowest BCUT2D eigenvalue weighted by Gasteiger charge is -2.08. The first-order chi connectivity index (χ1) is 9.95. The number of carboxylic acids is 1. The van der Waals surface area contributed by atoms with E-state index < -0.39 is 12.0 Å². The van der Waals surface area contributed by atoms with Crippen LogP contribution in [0.5, 0.6) is 0 Å². The molecule has 0 radical (unpaired) electrons. The molecule has 110 valence electrons. The number of amides is 2. The number of aromatic nitrogens is 2. The first-order valence-electron chi connectivity index (χ1n) is 6.03. The molecule has 0 bridgehead atoms. The van der Waals surface area contributed by atoms with Crippen molar-refractivity contribution in [3.8, 4) is 0 Å². The molecular formula is C13H13ClN4O3. The van der Waals surface area contributed by atoms with Gasteiger partial charge in [0.15, 0.2) is 0 Å². The summed E-state index contributed by atoms with van der Waals surface area (Å²) < 4.78 is 0. The lowest BCUT2D eigenvalue weighted by molar-refractivity contribution is 0.0697. The molecule has 1 aromatic heterocycles. The van der Waals surface area contributed by atoms with Crippen LogP contribution in [0.1, 0.15) is 21.6 Å². The molecule has 0 unspecified atom stereocenters. The molecule has 0 saturated heterocycles. The van der Waals surface area contributed by atoms with Crippen molar-refractivity contribution in [3.05, 3.63) is 46.2 Å². The molecule has 0 aliphatic carbocycles. The predicted octanol–water partition coefficient (Wildman–Crippen LogP) is 2.39. The number of nitrogens with one attached hydrogen (secondary N) is 3. The van der Waals surface area contributed by atoms with Crippen molar-refractivity contribution in [2.24, 2.45) is 0 Å². The minimum absolute atomic E-state index is 0.00322. The summed E-state index contributed by atoms with van der Waals surface area (Å²) in [5.74, 6) is -1.12. The molecule has 1 aromatic carbocycles. The summed E-state index contributed by atoms with van der Waals surface area (Å²) >= 11 is 5.81. The van der Waals surface area contributed by atoms with Crippen molar-refractivity contribution >= 4 is 29.3 Å². The van der Waals surface area contributed by atoms with E-state index in [-0.39, 0.29) is 10.6 Å². The largest absolute Gasteiger partial charge is 0.478 e. The van der Waals surface area contributed by atoms with Gasteiger partial charge in [0.1, 0.15) is 0 Å². The van der Waals surface area contributed by atoms with Gasteiger partial charge in [-0.25, -0.2) is 9.59 Å². The number of anilines is 1. The van der Waals surface area contributed by atoms with Gasteiger partial charge in [-0.15, -0.1) is 0 Å². The maximum absolute atomic E-state index is 11.8. The Labute approximate surface area is 125 Å². The highest BCUT2D eigenvalue weighted by Gasteiger charge is 2.09. The Hall–Kier alpha value is -2.54. The molecule has 21 heavy (non-hydrogen) atoms. The van der Waals surface area contributed by atoms with Gasteiger partial charge in [0, 0.05) is 28.5 Å². The SMILES string of the molecule is Cc1[nH]ncc1CNC(=O)Nc1cc(Cl)cc(C(=O)O)c1. The Morgan fingerprint density at radius 1 is 1.38 bits per heavy atom. The third-order valence-corrected chi connectivity index (χ3v) is 2.99. The number of hydrogen-bond donors (Lipinski definition) is 4. The van der Waals surface area contributed by atoms with E-state index in [4.69, 9.17) is 16.7 Å². The number of carboxylic acid groups (broad SMARTS) is 1. The van der Waals surface area contributed by atoms with E-state index in [0.29, 0.717) is 12.2 Å². The Balaban J connectivity index is 1.99. The number of hydrogen-bond acceptors (Lipinski definition) is 3. The number of carbonyl (C=O) groups is 2. The third kappa shape index (κ3) is 3.96. The van der Waals surface area contributed by atoms with Gasteiger partial charge in [-0.1, -0.05) is 11.6 Å². The molecule has 2 aromatic rings. The molecule has 2 amide bonds. The molecule has 0 aliphatic rings. The summed E-state index contributed by atoms with van der Waals surface area (Å²) in [6, 6.07) is 3.64. The van der Waals surface area contributed by atoms with Crippen molar-refractivity contribution in [3.63, 3.8) is 0 Å². The molecule has 0 aliphatic heterocycles. The fraction of sp³-hybridized carbons (Fsp3) is 0.154. The zero-order chi connectivity index (χ0) is 15.4. The topological polar surface area (TPSA) is 107 Å². The molecule has 4 N–H and O–H groups in total. The molecule has 1 heterocycles. The second-order valence-corrected chi connectivity index (χ2v) is 4.80. The fourth-order valence-electron chi connectivity index (χ4n) is 1.69. The lowest BCUT2D eigenvalue weighted by atomic mass is 10.2. The molecular weight excluding hydrogens is 296 g/mol. The van der Waals surface area contributed by atoms with Crippen molar-refractivity contribution < 1.29 is 14.7 Å². The first kappa shape index (κ1) is 14.9. The zero-order valence-electron chi connectivity index (χ0n) is 11.1. The second-order valence-electron chi connectivity index (χ2n) is 4.36. The van der Waals surface area contributed by atoms with Gasteiger partial charge in [-0.05, 0) is 25.1 Å². The number of halogens is 1. The Kier molecular flexibility index (Phi) is 4.44. The first-order valence-corrected chi connectivity index (χ1v) is 6.41. The van der Waals surface area contributed by atoms with Crippen LogP contribution in [0.15, 0.2) is 24.4 Å². The second kappa shape index (κ2) is 6.27. The van der Waals surface area contributed by atoms with E-state index >= 15 is 0 Å². The lowest BCUT2D eigenvalue weighted by Crippen LogP contribution is -2.28. The number of H-pyrrole nitrogens is 1. The quantitative estimate of drug-likeness (QED) is 0.695. The third-order valence-electron chi connectivity index (χ3n) is 2.78. The van der Waals surface area contributed by atoms with Gasteiger partial charge in [0.05, 0.1) is 11.8 Å². The van der Waals surface area contributed by atoms with Gasteiger partial charge in [0.25, 0.3) is 0 Å². The number of aryl methyl sites for hydroxylation is 1. The average molecular weight is 309 g/mol. The monoisotopic (exact) mass is 308 g/mol. The summed E-state index contributed by atoms with van der Waals surface area (Å²) in [6.45, 7) is 2.15. The van der Waals surface area contributed by atoms with Crippen molar-refractivity contribution in [1.82, 2.24) is 15.5 Å². The van der Waals surface area contributed by atoms with Crippen LogP contribution in [-0.2, 0) is 6.54 Å². The Bertz CT molecular complexity index is 684. The molecule has 8 heteroatoms. The number of carbonyl (C=O) groups excluding carboxylic acids is 1. The van der Waals surface area contributed by atoms with E-state index in [2.05, 4.69) is 20.8 Å². The predicted molar refractivity (Wildman–Crippen MR) is 77.6 cm³/mol. The minimum atomic E-state index is -1.12. The maximum Gasteiger partial charge on any atom is 0.335 e. The smallest absolute Gasteiger partial charge is 0.335 e. The molecule has 2 rings (SSSR count). The number of benzene rings is 1. The Morgan fingerprint density at radius 2 is 2.14 bits per heavy atom. The molecule has 0 fully saturated rings. The zero-order valence-corrected chi connectivity index (χ0v) is 11.9. The number of aromatic amines is 1. The van der Waals surface area contributed by atoms with E-state index in [9.17, 15) is 9.59 Å². The number of nitrogens with zero attached hydrogens (tertiary/aromatic N) is 1. The van der Waals surface area contributed by atoms with Gasteiger partial charge in [-0.2, -0.15) is 5.10 Å². The maximum atomic E-state index is 11.8. The molecule has 0 atom stereocenters. The van der Waals surface area contributed by atoms with Crippen LogP contribution in [0.25, 0.3) is 0 Å². The van der Waals surface area contributed by atoms with E-state index in [1.165, 1.54) is 18.2 Å².